The Kier molecular flexibility index (Phi) is 4.97. The van der Waals surface area contributed by atoms with E-state index >= 15 is 0 Å². The Morgan fingerprint density at radius 3 is 2.21 bits per heavy atom. The van der Waals surface area contributed by atoms with Crippen molar-refractivity contribution in [3.8, 4) is 0 Å². The summed E-state index contributed by atoms with van der Waals surface area (Å²) in [4.78, 5) is 0. The van der Waals surface area contributed by atoms with E-state index in [1.165, 1.54) is 26.9 Å². The molecule has 146 valence electrons. The first-order valence-corrected chi connectivity index (χ1v) is 11.1. The Morgan fingerprint density at radius 2 is 1.57 bits per heavy atom. The van der Waals surface area contributed by atoms with E-state index < -0.39 is 16.3 Å². The van der Waals surface area contributed by atoms with Crippen molar-refractivity contribution in [2.45, 2.75) is 19.7 Å². The minimum atomic E-state index is -3.64. The highest BCUT2D eigenvalue weighted by Crippen LogP contribution is 2.35. The van der Waals surface area contributed by atoms with Crippen LogP contribution in [-0.2, 0) is 20.8 Å². The van der Waals surface area contributed by atoms with Crippen LogP contribution in [0.25, 0.3) is 32.3 Å². The highest BCUT2D eigenvalue weighted by Gasteiger charge is 2.22. The third-order valence-corrected chi connectivity index (χ3v) is 5.75. The van der Waals surface area contributed by atoms with Gasteiger partial charge in [0.15, 0.2) is 0 Å². The van der Waals surface area contributed by atoms with E-state index in [4.69, 9.17) is 4.18 Å². The lowest BCUT2D eigenvalue weighted by Gasteiger charge is -2.23. The first-order chi connectivity index (χ1) is 13.4. The van der Waals surface area contributed by atoms with Gasteiger partial charge < -0.3 is 5.11 Å². The van der Waals surface area contributed by atoms with Gasteiger partial charge >= 0.3 is 0 Å². The Morgan fingerprint density at radius 1 is 0.964 bits per heavy atom. The lowest BCUT2D eigenvalue weighted by molar-refractivity contribution is 0.0759. The van der Waals surface area contributed by atoms with Gasteiger partial charge in [-0.15, -0.1) is 0 Å². The van der Waals surface area contributed by atoms with Gasteiger partial charge in [0.1, 0.15) is 6.23 Å². The topological polar surface area (TPSA) is 75.6 Å². The quantitative estimate of drug-likeness (QED) is 0.283. The van der Waals surface area contributed by atoms with Crippen molar-refractivity contribution in [3.05, 3.63) is 60.2 Å². The molecule has 0 bridgehead atoms. The van der Waals surface area contributed by atoms with Gasteiger partial charge in [0.05, 0.1) is 6.26 Å². The number of aliphatic hydroxyl groups is 1. The lowest BCUT2D eigenvalue weighted by atomic mass is 9.92. The van der Waals surface area contributed by atoms with Crippen LogP contribution in [0.1, 0.15) is 12.5 Å². The summed E-state index contributed by atoms with van der Waals surface area (Å²) in [5.74, 6) is -0.366. The fourth-order valence-electron chi connectivity index (χ4n) is 3.77. The van der Waals surface area contributed by atoms with Crippen molar-refractivity contribution in [1.82, 2.24) is 5.32 Å². The third-order valence-electron chi connectivity index (χ3n) is 5.20. The molecule has 0 aliphatic rings. The predicted molar refractivity (Wildman–Crippen MR) is 113 cm³/mol. The van der Waals surface area contributed by atoms with Crippen LogP contribution in [0.5, 0.6) is 0 Å². The zero-order valence-corrected chi connectivity index (χ0v) is 16.7. The summed E-state index contributed by atoms with van der Waals surface area (Å²) in [6.07, 6.45) is 0.223. The van der Waals surface area contributed by atoms with Crippen LogP contribution < -0.4 is 5.32 Å². The smallest absolute Gasteiger partial charge is 0.265 e. The number of hydrogen-bond donors (Lipinski definition) is 2. The van der Waals surface area contributed by atoms with Crippen LogP contribution in [0.3, 0.4) is 0 Å². The van der Waals surface area contributed by atoms with Crippen molar-refractivity contribution in [1.29, 1.82) is 0 Å². The highest BCUT2D eigenvalue weighted by molar-refractivity contribution is 7.86. The predicted octanol–water partition coefficient (Wildman–Crippen LogP) is 3.60. The molecule has 0 heterocycles. The molecular formula is C22H23NO4S. The normalized spacial score (nSPS) is 14.8. The molecule has 0 aliphatic heterocycles. The van der Waals surface area contributed by atoms with Crippen LogP contribution in [-0.4, -0.2) is 32.6 Å². The molecule has 5 nitrogen and oxygen atoms in total. The van der Waals surface area contributed by atoms with E-state index in [0.29, 0.717) is 6.54 Å². The van der Waals surface area contributed by atoms with E-state index in [1.54, 1.807) is 6.92 Å². The second-order valence-electron chi connectivity index (χ2n) is 7.34. The first-order valence-electron chi connectivity index (χ1n) is 9.25. The molecule has 0 fully saturated rings. The number of benzene rings is 4. The van der Waals surface area contributed by atoms with Gasteiger partial charge in [0.25, 0.3) is 10.1 Å². The summed E-state index contributed by atoms with van der Waals surface area (Å²) in [5.41, 5.74) is 1.05. The number of nitrogens with one attached hydrogen (secondary N) is 1. The summed E-state index contributed by atoms with van der Waals surface area (Å²) in [6.45, 7) is 2.00. The summed E-state index contributed by atoms with van der Waals surface area (Å²) in [5, 5.41) is 19.8. The van der Waals surface area contributed by atoms with Gasteiger partial charge in [-0.2, -0.15) is 8.42 Å². The Balaban J connectivity index is 1.74. The molecule has 4 aromatic rings. The molecule has 0 aromatic heterocycles. The maximum absolute atomic E-state index is 11.6. The summed E-state index contributed by atoms with van der Waals surface area (Å²) in [6, 6.07) is 18.9. The summed E-state index contributed by atoms with van der Waals surface area (Å²) in [7, 11) is -3.64. The number of rotatable bonds is 7. The molecule has 28 heavy (non-hydrogen) atoms. The molecular weight excluding hydrogens is 374 g/mol. The minimum Gasteiger partial charge on any atom is -0.396 e. The monoisotopic (exact) mass is 397 g/mol. The van der Waals surface area contributed by atoms with Crippen LogP contribution in [0.15, 0.2) is 54.6 Å². The summed E-state index contributed by atoms with van der Waals surface area (Å²) < 4.78 is 28.3. The fraction of sp³-hybridized carbons (Fsp3) is 0.273. The van der Waals surface area contributed by atoms with E-state index in [-0.39, 0.29) is 12.5 Å². The molecule has 0 spiro atoms. The Labute approximate surface area is 164 Å². The maximum atomic E-state index is 11.6. The van der Waals surface area contributed by atoms with Crippen molar-refractivity contribution in [2.75, 3.05) is 12.9 Å². The van der Waals surface area contributed by atoms with Gasteiger partial charge in [-0.05, 0) is 37.9 Å². The average Bonchev–Trinajstić information content (AvgIpc) is 2.68. The molecule has 0 amide bonds. The van der Waals surface area contributed by atoms with Crippen LogP contribution >= 0.6 is 0 Å². The van der Waals surface area contributed by atoms with Crippen molar-refractivity contribution in [3.63, 3.8) is 0 Å². The molecule has 2 unspecified atom stereocenters. The third kappa shape index (κ3) is 3.56. The number of hydrogen-bond acceptors (Lipinski definition) is 5. The van der Waals surface area contributed by atoms with Gasteiger partial charge in [-0.1, -0.05) is 61.5 Å². The second-order valence-corrected chi connectivity index (χ2v) is 8.94. The zero-order valence-electron chi connectivity index (χ0n) is 15.8. The minimum absolute atomic E-state index is 0.175. The molecule has 0 saturated heterocycles. The lowest BCUT2D eigenvalue weighted by Crippen LogP contribution is -2.40. The molecule has 0 radical (unpaired) electrons. The van der Waals surface area contributed by atoms with Gasteiger partial charge in [-0.3, -0.25) is 9.50 Å². The van der Waals surface area contributed by atoms with Crippen molar-refractivity contribution in [2.24, 2.45) is 5.92 Å². The Hall–Kier alpha value is -2.25. The highest BCUT2D eigenvalue weighted by atomic mass is 32.2. The molecule has 2 atom stereocenters. The van der Waals surface area contributed by atoms with Crippen LogP contribution in [0.2, 0.25) is 0 Å². The zero-order chi connectivity index (χ0) is 19.9. The van der Waals surface area contributed by atoms with E-state index in [1.807, 2.05) is 0 Å². The molecule has 6 heteroatoms. The van der Waals surface area contributed by atoms with Crippen molar-refractivity contribution >= 4 is 42.4 Å². The van der Waals surface area contributed by atoms with E-state index in [2.05, 4.69) is 59.9 Å². The average molecular weight is 397 g/mol. The van der Waals surface area contributed by atoms with Gasteiger partial charge in [-0.25, -0.2) is 0 Å². The maximum Gasteiger partial charge on any atom is 0.265 e. The van der Waals surface area contributed by atoms with E-state index in [9.17, 15) is 13.5 Å². The second kappa shape index (κ2) is 7.29. The largest absolute Gasteiger partial charge is 0.396 e. The molecule has 2 N–H and O–H groups in total. The first kappa shape index (κ1) is 19.1. The van der Waals surface area contributed by atoms with E-state index in [0.717, 1.165) is 17.2 Å². The summed E-state index contributed by atoms with van der Waals surface area (Å²) >= 11 is 0. The Bertz CT molecular complexity index is 1220. The fourth-order valence-corrected chi connectivity index (χ4v) is 4.41. The SMILES string of the molecule is CC(CO)C(NCc1ccc2ccc3cccc4ccc1c2c34)OS(C)(=O)=O. The molecule has 4 aromatic carbocycles. The standard InChI is InChI=1S/C22H23NO4S/c1-14(13-24)22(27-28(2,25)26)23-12-18-9-8-17-7-6-15-4-3-5-16-10-11-19(18)21(17)20(15)16/h3-11,14,22-24H,12-13H2,1-2H3. The molecule has 0 aliphatic carbocycles. The molecule has 0 saturated carbocycles. The van der Waals surface area contributed by atoms with Gasteiger partial charge in [0.2, 0.25) is 0 Å². The van der Waals surface area contributed by atoms with Gasteiger partial charge in [0, 0.05) is 19.1 Å². The molecule has 4 rings (SSSR count). The van der Waals surface area contributed by atoms with Crippen LogP contribution in [0, 0.1) is 5.92 Å². The van der Waals surface area contributed by atoms with Crippen LogP contribution in [0.4, 0.5) is 0 Å². The number of aliphatic hydroxyl groups excluding tert-OH is 1. The van der Waals surface area contributed by atoms with Crippen molar-refractivity contribution < 1.29 is 17.7 Å².